The molecule has 2 nitrogen and oxygen atoms in total. The standard InChI is InChI=1S/C14H26O2S2/c1-2-17-8-4-13(15)12-3-7-16-14(11-12)5-9-18-10-6-14/h12-13,15H,2-11H2,1H3. The monoisotopic (exact) mass is 290 g/mol. The van der Waals surface area contributed by atoms with Gasteiger partial charge in [0.15, 0.2) is 0 Å². The zero-order valence-corrected chi connectivity index (χ0v) is 13.0. The van der Waals surface area contributed by atoms with Crippen molar-refractivity contribution in [1.82, 2.24) is 0 Å². The molecule has 0 aromatic carbocycles. The summed E-state index contributed by atoms with van der Waals surface area (Å²) < 4.78 is 6.08. The minimum atomic E-state index is -0.112. The molecular weight excluding hydrogens is 264 g/mol. The molecule has 0 aromatic heterocycles. The molecule has 0 aromatic rings. The van der Waals surface area contributed by atoms with Gasteiger partial charge in [0, 0.05) is 6.61 Å². The average molecular weight is 290 g/mol. The Balaban J connectivity index is 1.81. The van der Waals surface area contributed by atoms with E-state index in [1.54, 1.807) is 0 Å². The van der Waals surface area contributed by atoms with Crippen LogP contribution < -0.4 is 0 Å². The van der Waals surface area contributed by atoms with Crippen LogP contribution in [0.5, 0.6) is 0 Å². The van der Waals surface area contributed by atoms with Gasteiger partial charge in [0.2, 0.25) is 0 Å². The van der Waals surface area contributed by atoms with E-state index in [0.29, 0.717) is 5.92 Å². The molecular formula is C14H26O2S2. The Hall–Kier alpha value is 0.620. The third-order valence-electron chi connectivity index (χ3n) is 4.24. The first-order valence-corrected chi connectivity index (χ1v) is 9.54. The molecule has 2 saturated heterocycles. The quantitative estimate of drug-likeness (QED) is 0.788. The highest BCUT2D eigenvalue weighted by Crippen LogP contribution is 2.41. The molecule has 4 heteroatoms. The van der Waals surface area contributed by atoms with E-state index >= 15 is 0 Å². The summed E-state index contributed by atoms with van der Waals surface area (Å²) in [5, 5.41) is 10.3. The van der Waals surface area contributed by atoms with Gasteiger partial charge in [-0.25, -0.2) is 0 Å². The van der Waals surface area contributed by atoms with Crippen molar-refractivity contribution >= 4 is 23.5 Å². The summed E-state index contributed by atoms with van der Waals surface area (Å²) in [4.78, 5) is 0. The molecule has 0 amide bonds. The van der Waals surface area contributed by atoms with E-state index in [2.05, 4.69) is 6.92 Å². The van der Waals surface area contributed by atoms with Crippen molar-refractivity contribution in [3.63, 3.8) is 0 Å². The van der Waals surface area contributed by atoms with Crippen molar-refractivity contribution < 1.29 is 9.84 Å². The highest BCUT2D eigenvalue weighted by atomic mass is 32.2. The van der Waals surface area contributed by atoms with Gasteiger partial charge in [0.1, 0.15) is 0 Å². The first-order valence-electron chi connectivity index (χ1n) is 7.23. The SMILES string of the molecule is CCSCCC(O)C1CCOC2(CCSCC2)C1. The fourth-order valence-electron chi connectivity index (χ4n) is 3.07. The topological polar surface area (TPSA) is 29.5 Å². The molecule has 2 aliphatic heterocycles. The van der Waals surface area contributed by atoms with Gasteiger partial charge in [-0.05, 0) is 61.0 Å². The van der Waals surface area contributed by atoms with E-state index in [4.69, 9.17) is 4.74 Å². The fourth-order valence-corrected chi connectivity index (χ4v) is 5.00. The van der Waals surface area contributed by atoms with E-state index in [1.807, 2.05) is 23.5 Å². The van der Waals surface area contributed by atoms with Gasteiger partial charge in [0.25, 0.3) is 0 Å². The molecule has 1 N–H and O–H groups in total. The second-order valence-corrected chi connectivity index (χ2v) is 8.07. The molecule has 0 saturated carbocycles. The van der Waals surface area contributed by atoms with Gasteiger partial charge in [-0.15, -0.1) is 0 Å². The lowest BCUT2D eigenvalue weighted by atomic mass is 9.79. The molecule has 1 spiro atoms. The van der Waals surface area contributed by atoms with Crippen LogP contribution >= 0.6 is 23.5 Å². The summed E-state index contributed by atoms with van der Waals surface area (Å²) in [5.41, 5.74) is 0.118. The van der Waals surface area contributed by atoms with Crippen LogP contribution in [0, 0.1) is 5.92 Å². The second kappa shape index (κ2) is 7.41. The number of ether oxygens (including phenoxy) is 1. The van der Waals surface area contributed by atoms with Crippen LogP contribution in [-0.4, -0.2) is 46.4 Å². The average Bonchev–Trinajstić information content (AvgIpc) is 2.40. The lowest BCUT2D eigenvalue weighted by Crippen LogP contribution is -2.45. The highest BCUT2D eigenvalue weighted by molar-refractivity contribution is 7.99. The number of rotatable bonds is 5. The van der Waals surface area contributed by atoms with Gasteiger partial charge in [-0.3, -0.25) is 0 Å². The molecule has 2 unspecified atom stereocenters. The van der Waals surface area contributed by atoms with Crippen molar-refractivity contribution in [2.24, 2.45) is 5.92 Å². The molecule has 18 heavy (non-hydrogen) atoms. The predicted octanol–water partition coefficient (Wildman–Crippen LogP) is 3.18. The summed E-state index contributed by atoms with van der Waals surface area (Å²) in [6.07, 6.45) is 5.35. The van der Waals surface area contributed by atoms with Crippen molar-refractivity contribution in [2.75, 3.05) is 29.6 Å². The van der Waals surface area contributed by atoms with Crippen molar-refractivity contribution in [3.05, 3.63) is 0 Å². The van der Waals surface area contributed by atoms with Crippen LogP contribution in [0.3, 0.4) is 0 Å². The van der Waals surface area contributed by atoms with Crippen LogP contribution in [-0.2, 0) is 4.74 Å². The maximum Gasteiger partial charge on any atom is 0.0701 e. The fraction of sp³-hybridized carbons (Fsp3) is 1.00. The van der Waals surface area contributed by atoms with Crippen molar-refractivity contribution in [3.8, 4) is 0 Å². The molecule has 2 heterocycles. The van der Waals surface area contributed by atoms with Gasteiger partial charge < -0.3 is 9.84 Å². The lowest BCUT2D eigenvalue weighted by molar-refractivity contribution is -0.120. The largest absolute Gasteiger partial charge is 0.393 e. The molecule has 2 atom stereocenters. The van der Waals surface area contributed by atoms with Gasteiger partial charge >= 0.3 is 0 Å². The molecule has 106 valence electrons. The smallest absolute Gasteiger partial charge is 0.0701 e. The Morgan fingerprint density at radius 2 is 2.22 bits per heavy atom. The van der Waals surface area contributed by atoms with Crippen LogP contribution in [0.2, 0.25) is 0 Å². The maximum absolute atomic E-state index is 10.3. The Labute approximate surface area is 120 Å². The number of aliphatic hydroxyl groups excluding tert-OH is 1. The number of hydrogen-bond donors (Lipinski definition) is 1. The van der Waals surface area contributed by atoms with Crippen LogP contribution in [0.25, 0.3) is 0 Å². The van der Waals surface area contributed by atoms with Crippen LogP contribution in [0.4, 0.5) is 0 Å². The first kappa shape index (κ1) is 15.0. The zero-order valence-electron chi connectivity index (χ0n) is 11.4. The third kappa shape index (κ3) is 4.06. The van der Waals surface area contributed by atoms with E-state index < -0.39 is 0 Å². The Morgan fingerprint density at radius 3 is 2.94 bits per heavy atom. The molecule has 0 radical (unpaired) electrons. The lowest BCUT2D eigenvalue weighted by Gasteiger charge is -2.44. The van der Waals surface area contributed by atoms with Crippen LogP contribution in [0.15, 0.2) is 0 Å². The van der Waals surface area contributed by atoms with E-state index in [9.17, 15) is 5.11 Å². The molecule has 0 aliphatic carbocycles. The highest BCUT2D eigenvalue weighted by Gasteiger charge is 2.40. The number of thioether (sulfide) groups is 2. The molecule has 2 aliphatic rings. The maximum atomic E-state index is 10.3. The van der Waals surface area contributed by atoms with E-state index in [1.165, 1.54) is 24.3 Å². The summed E-state index contributed by atoms with van der Waals surface area (Å²) in [6.45, 7) is 3.04. The van der Waals surface area contributed by atoms with Crippen LogP contribution in [0.1, 0.15) is 39.0 Å². The van der Waals surface area contributed by atoms with Gasteiger partial charge in [0.05, 0.1) is 11.7 Å². The molecule has 0 bridgehead atoms. The molecule has 2 fully saturated rings. The Kier molecular flexibility index (Phi) is 6.19. The molecule has 2 rings (SSSR count). The third-order valence-corrected chi connectivity index (χ3v) is 6.16. The second-order valence-electron chi connectivity index (χ2n) is 5.45. The number of aliphatic hydroxyl groups is 1. The van der Waals surface area contributed by atoms with Crippen molar-refractivity contribution in [1.29, 1.82) is 0 Å². The summed E-state index contributed by atoms with van der Waals surface area (Å²) in [7, 11) is 0. The Bertz CT molecular complexity index is 236. The normalized spacial score (nSPS) is 29.3. The Morgan fingerprint density at radius 1 is 1.44 bits per heavy atom. The zero-order chi connectivity index (χ0) is 12.8. The first-order chi connectivity index (χ1) is 8.76. The summed E-state index contributed by atoms with van der Waals surface area (Å²) >= 11 is 3.98. The van der Waals surface area contributed by atoms with Crippen molar-refractivity contribution in [2.45, 2.75) is 50.7 Å². The van der Waals surface area contributed by atoms with Gasteiger partial charge in [-0.1, -0.05) is 6.92 Å². The van der Waals surface area contributed by atoms with Gasteiger partial charge in [-0.2, -0.15) is 23.5 Å². The summed E-state index contributed by atoms with van der Waals surface area (Å²) in [5.74, 6) is 5.18. The predicted molar refractivity (Wildman–Crippen MR) is 81.6 cm³/mol. The summed E-state index contributed by atoms with van der Waals surface area (Å²) in [6, 6.07) is 0. The minimum Gasteiger partial charge on any atom is -0.393 e. The minimum absolute atomic E-state index is 0.112. The number of hydrogen-bond acceptors (Lipinski definition) is 4. The van der Waals surface area contributed by atoms with E-state index in [-0.39, 0.29) is 11.7 Å². The van der Waals surface area contributed by atoms with E-state index in [0.717, 1.165) is 37.4 Å².